The van der Waals surface area contributed by atoms with E-state index in [1.807, 2.05) is 20.1 Å². The summed E-state index contributed by atoms with van der Waals surface area (Å²) in [4.78, 5) is 46.6. The molecule has 1 aliphatic rings. The minimum absolute atomic E-state index is 0.0381. The van der Waals surface area contributed by atoms with Gasteiger partial charge in [0.05, 0.1) is 43.9 Å². The molecule has 0 spiro atoms. The van der Waals surface area contributed by atoms with Gasteiger partial charge in [0.15, 0.2) is 5.78 Å². The van der Waals surface area contributed by atoms with Gasteiger partial charge >= 0.3 is 5.97 Å². The molecular weight excluding hydrogens is 511 g/mol. The molecule has 2 heterocycles. The molecule has 0 unspecified atom stereocenters. The van der Waals surface area contributed by atoms with Gasteiger partial charge in [0, 0.05) is 30.2 Å². The van der Waals surface area contributed by atoms with Gasteiger partial charge in [0.2, 0.25) is 0 Å². The molecule has 0 bridgehead atoms. The summed E-state index contributed by atoms with van der Waals surface area (Å²) in [6, 6.07) is 2.62. The number of nitrogens with zero attached hydrogens (tertiary/aromatic N) is 2. The van der Waals surface area contributed by atoms with Crippen LogP contribution in [0.4, 0.5) is 5.69 Å². The molecule has 0 saturated heterocycles. The highest BCUT2D eigenvalue weighted by atomic mass is 35.5. The molecule has 3 rings (SSSR count). The number of aromatic nitrogens is 2. The third-order valence-corrected chi connectivity index (χ3v) is 6.73. The van der Waals surface area contributed by atoms with Gasteiger partial charge in [0.25, 0.3) is 5.91 Å². The molecule has 0 aliphatic heterocycles. The van der Waals surface area contributed by atoms with Gasteiger partial charge in [-0.2, -0.15) is 0 Å². The van der Waals surface area contributed by atoms with E-state index in [4.69, 9.17) is 27.9 Å². The fourth-order valence-electron chi connectivity index (χ4n) is 3.51. The smallest absolute Gasteiger partial charge is 0.329 e. The Morgan fingerprint density at radius 3 is 2.34 bits per heavy atom. The zero-order chi connectivity index (χ0) is 25.9. The Labute approximate surface area is 218 Å². The number of carbonyl (C=O) groups excluding carboxylic acids is 3. The number of nitrogens with one attached hydrogen (secondary N) is 2. The number of halogens is 2. The van der Waals surface area contributed by atoms with Crippen LogP contribution in [0, 0.1) is 5.41 Å². The summed E-state index contributed by atoms with van der Waals surface area (Å²) in [5.41, 5.74) is 1.15. The van der Waals surface area contributed by atoms with Crippen LogP contribution in [0.15, 0.2) is 41.3 Å². The first kappa shape index (κ1) is 27.0. The highest BCUT2D eigenvalue weighted by Gasteiger charge is 2.47. The van der Waals surface area contributed by atoms with E-state index in [0.717, 1.165) is 5.70 Å². The van der Waals surface area contributed by atoms with E-state index in [1.54, 1.807) is 26.0 Å². The van der Waals surface area contributed by atoms with Gasteiger partial charge in [-0.05, 0) is 46.1 Å². The summed E-state index contributed by atoms with van der Waals surface area (Å²) < 4.78 is 5.44. The molecule has 2 aromatic rings. The predicted molar refractivity (Wildman–Crippen MR) is 138 cm³/mol. The number of carbonyl (C=O) groups is 3. The number of ketones is 1. The Morgan fingerprint density at radius 2 is 1.80 bits per heavy atom. The third kappa shape index (κ3) is 5.97. The van der Waals surface area contributed by atoms with Crippen molar-refractivity contribution in [2.45, 2.75) is 46.3 Å². The number of hydrogen-bond donors (Lipinski definition) is 2. The van der Waals surface area contributed by atoms with Crippen LogP contribution < -0.4 is 10.6 Å². The maximum absolute atomic E-state index is 12.8. The molecule has 1 aliphatic carbocycles. The molecule has 35 heavy (non-hydrogen) atoms. The Hall–Kier alpha value is -2.62. The maximum atomic E-state index is 12.8. The number of esters is 1. The second kappa shape index (κ2) is 11.0. The van der Waals surface area contributed by atoms with E-state index in [1.165, 1.54) is 30.4 Å². The average molecular weight is 537 g/mol. The van der Waals surface area contributed by atoms with Crippen molar-refractivity contribution in [3.05, 3.63) is 62.6 Å². The summed E-state index contributed by atoms with van der Waals surface area (Å²) >= 11 is 13.4. The maximum Gasteiger partial charge on any atom is 0.329 e. The van der Waals surface area contributed by atoms with Gasteiger partial charge < -0.3 is 15.4 Å². The standard InChI is InChI=1S/C24H26Cl2N4O4S/c1-12(2)34-23(33)17(30-20-19(35-5)21(31)24(20,3)4)8-13-6-7-14(9-28-13)29-22(32)18-15(25)10-27-11-16(18)26/h6-7,9-12,17,30H,8H2,1-5H3,(H,29,32)/t17-/m0/s1. The van der Waals surface area contributed by atoms with Crippen LogP contribution in [0.2, 0.25) is 10.0 Å². The Balaban J connectivity index is 1.77. The zero-order valence-electron chi connectivity index (χ0n) is 19.9. The summed E-state index contributed by atoms with van der Waals surface area (Å²) in [5, 5.41) is 6.19. The van der Waals surface area contributed by atoms with Crippen LogP contribution in [-0.2, 0) is 20.7 Å². The highest BCUT2D eigenvalue weighted by molar-refractivity contribution is 8.03. The lowest BCUT2D eigenvalue weighted by molar-refractivity contribution is -0.150. The molecule has 11 heteroatoms. The summed E-state index contributed by atoms with van der Waals surface area (Å²) in [6.45, 7) is 7.18. The van der Waals surface area contributed by atoms with Crippen molar-refractivity contribution in [2.24, 2.45) is 5.41 Å². The number of ether oxygens (including phenoxy) is 1. The van der Waals surface area contributed by atoms with E-state index in [-0.39, 0.29) is 33.9 Å². The fourth-order valence-corrected chi connectivity index (χ4v) is 5.00. The largest absolute Gasteiger partial charge is 0.461 e. The number of allylic oxidation sites excluding steroid dienone is 2. The predicted octanol–water partition coefficient (Wildman–Crippen LogP) is 4.67. The molecule has 2 N–H and O–H groups in total. The third-order valence-electron chi connectivity index (χ3n) is 5.36. The van der Waals surface area contributed by atoms with Crippen LogP contribution in [0.3, 0.4) is 0 Å². The van der Waals surface area contributed by atoms with Gasteiger partial charge in [-0.25, -0.2) is 4.79 Å². The second-order valence-corrected chi connectivity index (χ2v) is 10.4. The van der Waals surface area contributed by atoms with Crippen LogP contribution in [-0.4, -0.2) is 46.0 Å². The quantitative estimate of drug-likeness (QED) is 0.444. The minimum atomic E-state index is -0.746. The summed E-state index contributed by atoms with van der Waals surface area (Å²) in [5.74, 6) is -0.897. The highest BCUT2D eigenvalue weighted by Crippen LogP contribution is 2.45. The Bertz CT molecular complexity index is 1160. The lowest BCUT2D eigenvalue weighted by Gasteiger charge is -2.40. The van der Waals surface area contributed by atoms with E-state index < -0.39 is 23.3 Å². The Morgan fingerprint density at radius 1 is 1.14 bits per heavy atom. The van der Waals surface area contributed by atoms with Crippen molar-refractivity contribution < 1.29 is 19.1 Å². The van der Waals surface area contributed by atoms with Crippen LogP contribution in [0.5, 0.6) is 0 Å². The van der Waals surface area contributed by atoms with Crippen molar-refractivity contribution in [1.82, 2.24) is 15.3 Å². The van der Waals surface area contributed by atoms with Crippen LogP contribution >= 0.6 is 35.0 Å². The van der Waals surface area contributed by atoms with Crippen LogP contribution in [0.25, 0.3) is 0 Å². The second-order valence-electron chi connectivity index (χ2n) is 8.72. The topological polar surface area (TPSA) is 110 Å². The summed E-state index contributed by atoms with van der Waals surface area (Å²) in [7, 11) is 0. The lowest BCUT2D eigenvalue weighted by atomic mass is 9.74. The van der Waals surface area contributed by atoms with Gasteiger partial charge in [-0.1, -0.05) is 23.2 Å². The lowest BCUT2D eigenvalue weighted by Crippen LogP contribution is -2.51. The molecule has 0 radical (unpaired) electrons. The van der Waals surface area contributed by atoms with E-state index in [0.29, 0.717) is 16.3 Å². The molecule has 0 fully saturated rings. The first-order chi connectivity index (χ1) is 16.4. The Kier molecular flexibility index (Phi) is 8.46. The SMILES string of the molecule is CSC1=C(N[C@@H](Cc2ccc(NC(=O)c3c(Cl)cncc3Cl)cn2)C(=O)OC(C)C)C(C)(C)C1=O. The number of thioether (sulfide) groups is 1. The normalized spacial score (nSPS) is 15.5. The van der Waals surface area contributed by atoms with Gasteiger partial charge in [0.1, 0.15) is 6.04 Å². The summed E-state index contributed by atoms with van der Waals surface area (Å²) in [6.07, 6.45) is 5.90. The molecule has 1 amide bonds. The number of rotatable bonds is 9. The number of hydrogen-bond acceptors (Lipinski definition) is 8. The van der Waals surface area contributed by atoms with E-state index in [9.17, 15) is 14.4 Å². The molecule has 0 saturated carbocycles. The first-order valence-electron chi connectivity index (χ1n) is 10.8. The van der Waals surface area contributed by atoms with E-state index in [2.05, 4.69) is 20.6 Å². The van der Waals surface area contributed by atoms with Crippen molar-refractivity contribution in [3.63, 3.8) is 0 Å². The van der Waals surface area contributed by atoms with E-state index >= 15 is 0 Å². The van der Waals surface area contributed by atoms with Crippen LogP contribution in [0.1, 0.15) is 43.7 Å². The molecule has 1 atom stereocenters. The molecule has 186 valence electrons. The molecule has 8 nitrogen and oxygen atoms in total. The molecule has 0 aromatic carbocycles. The van der Waals surface area contributed by atoms with Crippen molar-refractivity contribution in [3.8, 4) is 0 Å². The first-order valence-corrected chi connectivity index (χ1v) is 12.8. The number of anilines is 1. The molecule has 2 aromatic heterocycles. The molecular formula is C24H26Cl2N4O4S. The van der Waals surface area contributed by atoms with Crippen molar-refractivity contribution in [1.29, 1.82) is 0 Å². The number of pyridine rings is 2. The monoisotopic (exact) mass is 536 g/mol. The number of Topliss-reactive ketones (excluding diaryl/α,β-unsaturated/α-hetero) is 1. The van der Waals surface area contributed by atoms with Crippen molar-refractivity contribution >= 4 is 58.3 Å². The van der Waals surface area contributed by atoms with Crippen molar-refractivity contribution in [2.75, 3.05) is 11.6 Å². The fraction of sp³-hybridized carbons (Fsp3) is 0.375. The number of amides is 1. The average Bonchev–Trinajstić information content (AvgIpc) is 2.78. The minimum Gasteiger partial charge on any atom is -0.461 e. The van der Waals surface area contributed by atoms with Gasteiger partial charge in [-0.15, -0.1) is 11.8 Å². The zero-order valence-corrected chi connectivity index (χ0v) is 22.3. The van der Waals surface area contributed by atoms with Gasteiger partial charge in [-0.3, -0.25) is 19.6 Å².